The van der Waals surface area contributed by atoms with Crippen LogP contribution in [0.2, 0.25) is 0 Å². The van der Waals surface area contributed by atoms with Crippen LogP contribution in [0.1, 0.15) is 34.7 Å². The van der Waals surface area contributed by atoms with Gasteiger partial charge in [0.2, 0.25) is 0 Å². The van der Waals surface area contributed by atoms with Gasteiger partial charge in [-0.15, -0.1) is 0 Å². The number of carbonyl (C=O) groups excluding carboxylic acids is 1. The molecule has 1 atom stereocenters. The molecule has 1 aromatic carbocycles. The minimum atomic E-state index is -0.0709. The molecule has 21 heavy (non-hydrogen) atoms. The summed E-state index contributed by atoms with van der Waals surface area (Å²) >= 11 is 0. The Labute approximate surface area is 124 Å². The number of nitrogens with zero attached hydrogens (tertiary/aromatic N) is 1. The van der Waals surface area contributed by atoms with Gasteiger partial charge >= 0.3 is 0 Å². The molecule has 1 amide bonds. The molecular weight excluding hydrogens is 266 g/mol. The van der Waals surface area contributed by atoms with Gasteiger partial charge in [-0.25, -0.2) is 0 Å². The number of carbonyl (C=O) groups is 1. The molecule has 0 radical (unpaired) electrons. The lowest BCUT2D eigenvalue weighted by Crippen LogP contribution is -2.42. The Bertz CT molecular complexity index is 589. The maximum absolute atomic E-state index is 12.3. The molecular formula is C17H19NO3. The van der Waals surface area contributed by atoms with Crippen LogP contribution >= 0.6 is 0 Å². The number of amides is 1. The minimum Gasteiger partial charge on any atom is -0.459 e. The third-order valence-corrected chi connectivity index (χ3v) is 3.85. The van der Waals surface area contributed by atoms with Crippen LogP contribution in [-0.4, -0.2) is 30.5 Å². The topological polar surface area (TPSA) is 42.7 Å². The van der Waals surface area contributed by atoms with Crippen LogP contribution in [0.5, 0.6) is 0 Å². The third kappa shape index (κ3) is 3.00. The van der Waals surface area contributed by atoms with Gasteiger partial charge in [-0.05, 0) is 29.7 Å². The molecule has 1 aromatic heterocycles. The molecule has 3 rings (SSSR count). The maximum atomic E-state index is 12.3. The zero-order valence-corrected chi connectivity index (χ0v) is 12.1. The average Bonchev–Trinajstić information content (AvgIpc) is 3.09. The summed E-state index contributed by atoms with van der Waals surface area (Å²) < 4.78 is 11.0. The summed E-state index contributed by atoms with van der Waals surface area (Å²) in [5.74, 6) is 0.315. The first-order chi connectivity index (χ1) is 10.3. The third-order valence-electron chi connectivity index (χ3n) is 3.85. The lowest BCUT2D eigenvalue weighted by atomic mass is 10.0. The summed E-state index contributed by atoms with van der Waals surface area (Å²) in [5, 5.41) is 0. The molecule has 4 nitrogen and oxygen atoms in total. The molecule has 2 aromatic rings. The van der Waals surface area contributed by atoms with E-state index in [1.807, 2.05) is 0 Å². The van der Waals surface area contributed by atoms with Crippen LogP contribution in [-0.2, 0) is 11.2 Å². The van der Waals surface area contributed by atoms with E-state index in [0.29, 0.717) is 25.5 Å². The Balaban J connectivity index is 1.71. The van der Waals surface area contributed by atoms with Crippen LogP contribution in [0.4, 0.5) is 0 Å². The molecule has 0 spiro atoms. The second kappa shape index (κ2) is 6.14. The van der Waals surface area contributed by atoms with E-state index in [1.165, 1.54) is 11.8 Å². The summed E-state index contributed by atoms with van der Waals surface area (Å²) in [6, 6.07) is 11.8. The predicted octanol–water partition coefficient (Wildman–Crippen LogP) is 3.06. The minimum absolute atomic E-state index is 0.0661. The highest BCUT2D eigenvalue weighted by Gasteiger charge is 2.27. The molecule has 0 aliphatic carbocycles. The number of rotatable bonds is 3. The van der Waals surface area contributed by atoms with Crippen molar-refractivity contribution >= 4 is 5.91 Å². The molecule has 0 saturated carbocycles. The summed E-state index contributed by atoms with van der Waals surface area (Å²) in [5.41, 5.74) is 2.42. The number of ether oxygens (including phenoxy) is 1. The highest BCUT2D eigenvalue weighted by atomic mass is 16.5. The highest BCUT2D eigenvalue weighted by molar-refractivity contribution is 5.91. The van der Waals surface area contributed by atoms with Crippen molar-refractivity contribution in [3.05, 3.63) is 59.5 Å². The van der Waals surface area contributed by atoms with E-state index in [2.05, 4.69) is 31.2 Å². The van der Waals surface area contributed by atoms with Crippen molar-refractivity contribution in [2.45, 2.75) is 19.4 Å². The van der Waals surface area contributed by atoms with Crippen molar-refractivity contribution in [1.82, 2.24) is 4.90 Å². The quantitative estimate of drug-likeness (QED) is 0.870. The zero-order valence-electron chi connectivity index (χ0n) is 12.1. The van der Waals surface area contributed by atoms with Crippen LogP contribution in [0, 0.1) is 0 Å². The lowest BCUT2D eigenvalue weighted by molar-refractivity contribution is -0.0237. The standard InChI is InChI=1S/C17H19NO3/c1-2-13-5-7-14(8-6-13)16-12-18(9-11-21-16)17(19)15-4-3-10-20-15/h3-8,10,16H,2,9,11-12H2,1H3/t16-/m0/s1. The molecule has 4 heteroatoms. The van der Waals surface area contributed by atoms with E-state index < -0.39 is 0 Å². The zero-order chi connectivity index (χ0) is 14.7. The lowest BCUT2D eigenvalue weighted by Gasteiger charge is -2.32. The van der Waals surface area contributed by atoms with Crippen molar-refractivity contribution in [2.24, 2.45) is 0 Å². The number of benzene rings is 1. The van der Waals surface area contributed by atoms with Gasteiger partial charge in [0.15, 0.2) is 5.76 Å². The van der Waals surface area contributed by atoms with Crippen LogP contribution in [0.25, 0.3) is 0 Å². The van der Waals surface area contributed by atoms with Crippen molar-refractivity contribution in [3.8, 4) is 0 Å². The second-order valence-electron chi connectivity index (χ2n) is 5.18. The molecule has 1 saturated heterocycles. The summed E-state index contributed by atoms with van der Waals surface area (Å²) in [4.78, 5) is 14.1. The van der Waals surface area contributed by atoms with Crippen molar-refractivity contribution in [2.75, 3.05) is 19.7 Å². The van der Waals surface area contributed by atoms with Gasteiger partial charge in [0.1, 0.15) is 6.10 Å². The Kier molecular flexibility index (Phi) is 4.06. The maximum Gasteiger partial charge on any atom is 0.289 e. The van der Waals surface area contributed by atoms with Gasteiger partial charge in [-0.3, -0.25) is 4.79 Å². The first kappa shape index (κ1) is 13.9. The average molecular weight is 285 g/mol. The van der Waals surface area contributed by atoms with E-state index in [4.69, 9.17) is 9.15 Å². The normalized spacial score (nSPS) is 18.7. The van der Waals surface area contributed by atoms with E-state index >= 15 is 0 Å². The summed E-state index contributed by atoms with van der Waals surface area (Å²) in [7, 11) is 0. The van der Waals surface area contributed by atoms with Gasteiger partial charge in [-0.2, -0.15) is 0 Å². The highest BCUT2D eigenvalue weighted by Crippen LogP contribution is 2.23. The van der Waals surface area contributed by atoms with E-state index in [1.54, 1.807) is 17.0 Å². The van der Waals surface area contributed by atoms with Gasteiger partial charge < -0.3 is 14.1 Å². The van der Waals surface area contributed by atoms with Crippen molar-refractivity contribution in [3.63, 3.8) is 0 Å². The molecule has 0 unspecified atom stereocenters. The first-order valence-electron chi connectivity index (χ1n) is 7.31. The van der Waals surface area contributed by atoms with Gasteiger partial charge in [0, 0.05) is 6.54 Å². The monoisotopic (exact) mass is 285 g/mol. The largest absolute Gasteiger partial charge is 0.459 e. The fourth-order valence-electron chi connectivity index (χ4n) is 2.56. The van der Waals surface area contributed by atoms with Crippen LogP contribution < -0.4 is 0 Å². The van der Waals surface area contributed by atoms with Crippen LogP contribution in [0.3, 0.4) is 0 Å². The number of morpholine rings is 1. The number of hydrogen-bond donors (Lipinski definition) is 0. The molecule has 110 valence electrons. The Morgan fingerprint density at radius 3 is 2.76 bits per heavy atom. The fourth-order valence-corrected chi connectivity index (χ4v) is 2.56. The SMILES string of the molecule is CCc1ccc([C@@H]2CN(C(=O)c3ccco3)CCO2)cc1. The fraction of sp³-hybridized carbons (Fsp3) is 0.353. The molecule has 0 N–H and O–H groups in total. The molecule has 0 bridgehead atoms. The molecule has 1 aliphatic rings. The van der Waals surface area contributed by atoms with E-state index in [9.17, 15) is 4.79 Å². The molecule has 2 heterocycles. The van der Waals surface area contributed by atoms with Gasteiger partial charge in [0.05, 0.1) is 19.4 Å². The number of aryl methyl sites for hydroxylation is 1. The van der Waals surface area contributed by atoms with E-state index in [-0.39, 0.29) is 12.0 Å². The Morgan fingerprint density at radius 1 is 1.29 bits per heavy atom. The van der Waals surface area contributed by atoms with Crippen molar-refractivity contribution < 1.29 is 13.9 Å². The molecule has 1 aliphatic heterocycles. The first-order valence-corrected chi connectivity index (χ1v) is 7.31. The smallest absolute Gasteiger partial charge is 0.289 e. The predicted molar refractivity (Wildman–Crippen MR) is 79.1 cm³/mol. The van der Waals surface area contributed by atoms with Crippen LogP contribution in [0.15, 0.2) is 47.1 Å². The van der Waals surface area contributed by atoms with Gasteiger partial charge in [-0.1, -0.05) is 31.2 Å². The second-order valence-corrected chi connectivity index (χ2v) is 5.18. The number of hydrogen-bond acceptors (Lipinski definition) is 3. The number of furan rings is 1. The summed E-state index contributed by atoms with van der Waals surface area (Å²) in [6.07, 6.45) is 2.48. The molecule has 1 fully saturated rings. The Hall–Kier alpha value is -2.07. The van der Waals surface area contributed by atoms with Crippen molar-refractivity contribution in [1.29, 1.82) is 0 Å². The van der Waals surface area contributed by atoms with E-state index in [0.717, 1.165) is 12.0 Å². The summed E-state index contributed by atoms with van der Waals surface area (Å²) in [6.45, 7) is 3.84. The van der Waals surface area contributed by atoms with Gasteiger partial charge in [0.25, 0.3) is 5.91 Å². The Morgan fingerprint density at radius 2 is 2.10 bits per heavy atom.